The fraction of sp³-hybridized carbons (Fsp3) is 0.577. The van der Waals surface area contributed by atoms with Gasteiger partial charge in [-0.05, 0) is 75.6 Å². The Morgan fingerprint density at radius 2 is 1.52 bits per heavy atom. The van der Waals surface area contributed by atoms with E-state index >= 15 is 0 Å². The van der Waals surface area contributed by atoms with Gasteiger partial charge in [-0.3, -0.25) is 4.79 Å². The number of unbranched alkanes of at least 4 members (excludes halogenated alkanes) is 3. The molecule has 0 spiro atoms. The maximum atomic E-state index is 10.8. The molecule has 1 N–H and O–H groups in total. The van der Waals surface area contributed by atoms with Crippen molar-refractivity contribution in [2.24, 2.45) is 11.8 Å². The standard InChI is InChI=1S/C16H22O4.C8H12O3.C2H6/c1-3-16(17)20-13-7-5-4-6-12-19-15-10-8-14(18-2)9-11-15;9-5-6-1-3-7(4-2-6)8(10)11;1-2/h3,8-11H,1,4-7,12-13H2,2H3;5-7H,1-4H2,(H,10,11);1-2H3. The zero-order valence-electron chi connectivity index (χ0n) is 20.3. The molecule has 7 nitrogen and oxygen atoms in total. The number of aliphatic carboxylic acids is 1. The van der Waals surface area contributed by atoms with Crippen LogP contribution in [0.15, 0.2) is 36.9 Å². The molecule has 2 rings (SSSR count). The van der Waals surface area contributed by atoms with Crippen molar-refractivity contribution in [3.8, 4) is 11.5 Å². The summed E-state index contributed by atoms with van der Waals surface area (Å²) in [7, 11) is 1.64. The van der Waals surface area contributed by atoms with E-state index in [-0.39, 0.29) is 17.8 Å². The topological polar surface area (TPSA) is 99.1 Å². The van der Waals surface area contributed by atoms with Crippen LogP contribution in [0, 0.1) is 11.8 Å². The lowest BCUT2D eigenvalue weighted by Gasteiger charge is -2.21. The predicted molar refractivity (Wildman–Crippen MR) is 129 cm³/mol. The number of esters is 1. The van der Waals surface area contributed by atoms with Crippen molar-refractivity contribution < 1.29 is 33.7 Å². The predicted octanol–water partition coefficient (Wildman–Crippen LogP) is 5.47. The highest BCUT2D eigenvalue weighted by atomic mass is 16.5. The first-order valence-corrected chi connectivity index (χ1v) is 11.7. The van der Waals surface area contributed by atoms with Crippen LogP contribution in [0.4, 0.5) is 0 Å². The minimum atomic E-state index is -0.714. The average Bonchev–Trinajstić information content (AvgIpc) is 2.87. The highest BCUT2D eigenvalue weighted by Gasteiger charge is 2.25. The summed E-state index contributed by atoms with van der Waals surface area (Å²) in [6.45, 7) is 8.50. The van der Waals surface area contributed by atoms with Gasteiger partial charge >= 0.3 is 11.9 Å². The molecule has 0 heterocycles. The average molecular weight is 465 g/mol. The number of hydrogen-bond acceptors (Lipinski definition) is 6. The lowest BCUT2D eigenvalue weighted by Crippen LogP contribution is -2.21. The first kappa shape index (κ1) is 30.2. The maximum absolute atomic E-state index is 10.8. The monoisotopic (exact) mass is 464 g/mol. The molecule has 0 aliphatic heterocycles. The number of ether oxygens (including phenoxy) is 3. The molecule has 1 aliphatic carbocycles. The van der Waals surface area contributed by atoms with E-state index in [1.165, 1.54) is 6.08 Å². The van der Waals surface area contributed by atoms with Crippen LogP contribution in [-0.4, -0.2) is 43.7 Å². The molecule has 1 aliphatic rings. The molecule has 186 valence electrons. The fourth-order valence-corrected chi connectivity index (χ4v) is 3.15. The molecule has 0 aromatic heterocycles. The molecule has 0 bridgehead atoms. The third-order valence-corrected chi connectivity index (χ3v) is 5.09. The van der Waals surface area contributed by atoms with E-state index < -0.39 is 5.97 Å². The Kier molecular flexibility index (Phi) is 18.1. The van der Waals surface area contributed by atoms with Crippen LogP contribution in [0.5, 0.6) is 11.5 Å². The lowest BCUT2D eigenvalue weighted by atomic mass is 9.83. The Hall–Kier alpha value is -2.83. The van der Waals surface area contributed by atoms with E-state index in [1.54, 1.807) is 7.11 Å². The SMILES string of the molecule is C=CC(=O)OCCCCCCOc1ccc(OC)cc1.CC.O=CC1CCC(C(=O)O)CC1. The number of methoxy groups -OCH3 is 1. The quantitative estimate of drug-likeness (QED) is 0.190. The summed E-state index contributed by atoms with van der Waals surface area (Å²) in [5, 5.41) is 8.61. The van der Waals surface area contributed by atoms with Crippen LogP contribution in [0.3, 0.4) is 0 Å². The van der Waals surface area contributed by atoms with Crippen LogP contribution in [-0.2, 0) is 19.1 Å². The minimum absolute atomic E-state index is 0.116. The number of carbonyl (C=O) groups is 3. The molecule has 1 aromatic carbocycles. The van der Waals surface area contributed by atoms with Crippen molar-refractivity contribution in [3.05, 3.63) is 36.9 Å². The summed E-state index contributed by atoms with van der Waals surface area (Å²) in [6.07, 6.45) is 8.90. The minimum Gasteiger partial charge on any atom is -0.497 e. The highest BCUT2D eigenvalue weighted by Crippen LogP contribution is 2.27. The Morgan fingerprint density at radius 3 is 2.00 bits per heavy atom. The highest BCUT2D eigenvalue weighted by molar-refractivity contribution is 5.81. The smallest absolute Gasteiger partial charge is 0.330 e. The van der Waals surface area contributed by atoms with Gasteiger partial charge in [0.05, 0.1) is 26.2 Å². The van der Waals surface area contributed by atoms with Crippen LogP contribution < -0.4 is 9.47 Å². The van der Waals surface area contributed by atoms with E-state index in [2.05, 4.69) is 6.58 Å². The molecule has 0 amide bonds. The van der Waals surface area contributed by atoms with E-state index in [0.29, 0.717) is 26.1 Å². The fourth-order valence-electron chi connectivity index (χ4n) is 3.15. The van der Waals surface area contributed by atoms with Gasteiger partial charge in [-0.1, -0.05) is 20.4 Å². The molecular weight excluding hydrogens is 424 g/mol. The zero-order chi connectivity index (χ0) is 24.9. The molecular formula is C26H40O7. The van der Waals surface area contributed by atoms with Gasteiger partial charge in [-0.25, -0.2) is 4.79 Å². The number of aldehydes is 1. The van der Waals surface area contributed by atoms with Crippen molar-refractivity contribution in [3.63, 3.8) is 0 Å². The second kappa shape index (κ2) is 19.8. The third-order valence-electron chi connectivity index (χ3n) is 5.09. The summed E-state index contributed by atoms with van der Waals surface area (Å²) in [5.74, 6) is 0.524. The maximum Gasteiger partial charge on any atom is 0.330 e. The Morgan fingerprint density at radius 1 is 0.970 bits per heavy atom. The van der Waals surface area contributed by atoms with E-state index in [0.717, 1.165) is 56.3 Å². The molecule has 7 heteroatoms. The molecule has 0 saturated heterocycles. The zero-order valence-corrected chi connectivity index (χ0v) is 20.3. The van der Waals surface area contributed by atoms with Gasteiger partial charge in [0.15, 0.2) is 0 Å². The van der Waals surface area contributed by atoms with E-state index in [9.17, 15) is 14.4 Å². The van der Waals surface area contributed by atoms with Gasteiger partial charge in [0.2, 0.25) is 0 Å². The number of hydrogen-bond donors (Lipinski definition) is 1. The van der Waals surface area contributed by atoms with Crippen molar-refractivity contribution in [1.82, 2.24) is 0 Å². The molecule has 0 unspecified atom stereocenters. The van der Waals surface area contributed by atoms with Gasteiger partial charge in [-0.2, -0.15) is 0 Å². The number of carboxylic acids is 1. The van der Waals surface area contributed by atoms with Gasteiger partial charge in [-0.15, -0.1) is 0 Å². The molecule has 1 saturated carbocycles. The molecule has 1 aromatic rings. The molecule has 0 radical (unpaired) electrons. The van der Waals surface area contributed by atoms with Crippen LogP contribution >= 0.6 is 0 Å². The number of rotatable bonds is 12. The van der Waals surface area contributed by atoms with Gasteiger partial charge in [0.1, 0.15) is 17.8 Å². The molecule has 1 fully saturated rings. The summed E-state index contributed by atoms with van der Waals surface area (Å²) >= 11 is 0. The summed E-state index contributed by atoms with van der Waals surface area (Å²) in [5.41, 5.74) is 0. The first-order valence-electron chi connectivity index (χ1n) is 11.7. The normalized spacial score (nSPS) is 16.6. The number of carboxylic acid groups (broad SMARTS) is 1. The number of carbonyl (C=O) groups excluding carboxylic acids is 2. The van der Waals surface area contributed by atoms with Gasteiger partial charge < -0.3 is 24.1 Å². The molecule has 0 atom stereocenters. The van der Waals surface area contributed by atoms with Gasteiger partial charge in [0, 0.05) is 12.0 Å². The lowest BCUT2D eigenvalue weighted by molar-refractivity contribution is -0.143. The largest absolute Gasteiger partial charge is 0.497 e. The number of benzene rings is 1. The van der Waals surface area contributed by atoms with Gasteiger partial charge in [0.25, 0.3) is 0 Å². The third kappa shape index (κ3) is 14.8. The van der Waals surface area contributed by atoms with Crippen LogP contribution in [0.25, 0.3) is 0 Å². The van der Waals surface area contributed by atoms with Crippen molar-refractivity contribution in [2.45, 2.75) is 65.2 Å². The van der Waals surface area contributed by atoms with Crippen LogP contribution in [0.1, 0.15) is 65.2 Å². The van der Waals surface area contributed by atoms with Crippen molar-refractivity contribution >= 4 is 18.2 Å². The second-order valence-corrected chi connectivity index (χ2v) is 7.40. The molecule has 33 heavy (non-hydrogen) atoms. The Labute approximate surface area is 198 Å². The summed E-state index contributed by atoms with van der Waals surface area (Å²) in [4.78, 5) is 31.5. The van der Waals surface area contributed by atoms with Crippen molar-refractivity contribution in [1.29, 1.82) is 0 Å². The van der Waals surface area contributed by atoms with E-state index in [4.69, 9.17) is 19.3 Å². The Bertz CT molecular complexity index is 662. The van der Waals surface area contributed by atoms with Crippen molar-refractivity contribution in [2.75, 3.05) is 20.3 Å². The summed E-state index contributed by atoms with van der Waals surface area (Å²) < 4.78 is 15.6. The van der Waals surface area contributed by atoms with E-state index in [1.807, 2.05) is 38.1 Å². The Balaban J connectivity index is 0.000000663. The summed E-state index contributed by atoms with van der Waals surface area (Å²) in [6, 6.07) is 7.55. The van der Waals surface area contributed by atoms with Crippen LogP contribution in [0.2, 0.25) is 0 Å². The first-order chi connectivity index (χ1) is 16.0. The second-order valence-electron chi connectivity index (χ2n) is 7.40.